The highest BCUT2D eigenvalue weighted by Gasteiger charge is 2.06. The van der Waals surface area contributed by atoms with E-state index in [1.54, 1.807) is 30.3 Å². The van der Waals surface area contributed by atoms with E-state index in [1.807, 2.05) is 0 Å². The van der Waals surface area contributed by atoms with Gasteiger partial charge in [-0.3, -0.25) is 0 Å². The van der Waals surface area contributed by atoms with Crippen LogP contribution in [0.25, 0.3) is 5.57 Å². The zero-order valence-electron chi connectivity index (χ0n) is 7.13. The highest BCUT2D eigenvalue weighted by molar-refractivity contribution is 5.67. The molecule has 0 saturated heterocycles. The number of hydrogen-bond donors (Lipinski definition) is 0. The summed E-state index contributed by atoms with van der Waals surface area (Å²) in [6, 6.07) is 8.60. The molecule has 0 aliphatic rings. The highest BCUT2D eigenvalue weighted by Crippen LogP contribution is 2.23. The van der Waals surface area contributed by atoms with Crippen LogP contribution in [0.5, 0.6) is 0 Å². The van der Waals surface area contributed by atoms with Crippen LogP contribution in [0.4, 0.5) is 8.78 Å². The van der Waals surface area contributed by atoms with Gasteiger partial charge in [0.05, 0.1) is 0 Å². The minimum absolute atomic E-state index is 0.0515. The Bertz CT molecular complexity index is 308. The van der Waals surface area contributed by atoms with Crippen molar-refractivity contribution in [1.82, 2.24) is 0 Å². The second-order valence-electron chi connectivity index (χ2n) is 2.60. The van der Waals surface area contributed by atoms with E-state index < -0.39 is 6.08 Å². The van der Waals surface area contributed by atoms with Crippen LogP contribution in [0.1, 0.15) is 12.0 Å². The van der Waals surface area contributed by atoms with Crippen LogP contribution in [-0.4, -0.2) is 0 Å². The molecule has 0 atom stereocenters. The summed E-state index contributed by atoms with van der Waals surface area (Å²) in [5.74, 6) is 0. The summed E-state index contributed by atoms with van der Waals surface area (Å²) in [6.07, 6.45) is 0.0412. The Labute approximate surface area is 76.2 Å². The first kappa shape index (κ1) is 9.65. The summed E-state index contributed by atoms with van der Waals surface area (Å²) >= 11 is 0. The standard InChI is InChI=1S/C11H10F2/c1-2-6-10(11(12)13)9-7-4-3-5-8-9/h2-5,7-8H,1,6H2. The van der Waals surface area contributed by atoms with E-state index in [2.05, 4.69) is 6.58 Å². The molecule has 0 aliphatic carbocycles. The SMILES string of the molecule is C=CCC(=C(F)F)c1ccccc1. The molecule has 0 saturated carbocycles. The average Bonchev–Trinajstić information content (AvgIpc) is 2.15. The Kier molecular flexibility index (Phi) is 3.38. The Hall–Kier alpha value is -1.44. The largest absolute Gasteiger partial charge is 0.274 e. The lowest BCUT2D eigenvalue weighted by atomic mass is 10.0. The molecule has 0 spiro atoms. The fourth-order valence-electron chi connectivity index (χ4n) is 1.09. The van der Waals surface area contributed by atoms with Crippen molar-refractivity contribution in [3.05, 3.63) is 54.6 Å². The molecule has 0 aliphatic heterocycles. The minimum atomic E-state index is -1.63. The van der Waals surface area contributed by atoms with Crippen molar-refractivity contribution in [2.75, 3.05) is 0 Å². The van der Waals surface area contributed by atoms with Crippen molar-refractivity contribution >= 4 is 5.57 Å². The van der Waals surface area contributed by atoms with Crippen LogP contribution in [0, 0.1) is 0 Å². The van der Waals surface area contributed by atoms with Crippen LogP contribution >= 0.6 is 0 Å². The topological polar surface area (TPSA) is 0 Å². The fourth-order valence-corrected chi connectivity index (χ4v) is 1.09. The first-order valence-corrected chi connectivity index (χ1v) is 3.96. The summed E-state index contributed by atoms with van der Waals surface area (Å²) in [5.41, 5.74) is 0.609. The lowest BCUT2D eigenvalue weighted by Gasteiger charge is -2.02. The molecule has 0 radical (unpaired) electrons. The minimum Gasteiger partial charge on any atom is -0.173 e. The second kappa shape index (κ2) is 4.55. The Morgan fingerprint density at radius 1 is 1.23 bits per heavy atom. The normalized spacial score (nSPS) is 9.38. The number of benzene rings is 1. The first-order valence-electron chi connectivity index (χ1n) is 3.96. The third-order valence-corrected chi connectivity index (χ3v) is 1.70. The highest BCUT2D eigenvalue weighted by atomic mass is 19.3. The summed E-state index contributed by atoms with van der Waals surface area (Å²) in [4.78, 5) is 0. The third-order valence-electron chi connectivity index (χ3n) is 1.70. The molecule has 1 rings (SSSR count). The smallest absolute Gasteiger partial charge is 0.173 e. The molecule has 0 unspecified atom stereocenters. The lowest BCUT2D eigenvalue weighted by molar-refractivity contribution is 0.424. The molecule has 0 fully saturated rings. The van der Waals surface area contributed by atoms with Gasteiger partial charge in [0.15, 0.2) is 0 Å². The summed E-state index contributed by atoms with van der Waals surface area (Å²) in [6.45, 7) is 3.44. The molecule has 13 heavy (non-hydrogen) atoms. The van der Waals surface area contributed by atoms with Gasteiger partial charge < -0.3 is 0 Å². The predicted octanol–water partition coefficient (Wildman–Crippen LogP) is 3.87. The average molecular weight is 180 g/mol. The van der Waals surface area contributed by atoms with Crippen molar-refractivity contribution in [2.24, 2.45) is 0 Å². The quantitative estimate of drug-likeness (QED) is 0.619. The van der Waals surface area contributed by atoms with E-state index in [-0.39, 0.29) is 12.0 Å². The van der Waals surface area contributed by atoms with Gasteiger partial charge in [0.1, 0.15) is 0 Å². The molecule has 0 amide bonds. The lowest BCUT2D eigenvalue weighted by Crippen LogP contribution is -1.83. The number of hydrogen-bond acceptors (Lipinski definition) is 0. The van der Waals surface area contributed by atoms with Gasteiger partial charge in [-0.2, -0.15) is 8.78 Å². The van der Waals surface area contributed by atoms with Crippen LogP contribution < -0.4 is 0 Å². The van der Waals surface area contributed by atoms with Crippen LogP contribution in [0.3, 0.4) is 0 Å². The zero-order valence-corrected chi connectivity index (χ0v) is 7.13. The number of rotatable bonds is 3. The molecule has 2 heteroatoms. The van der Waals surface area contributed by atoms with Gasteiger partial charge in [-0.25, -0.2) is 0 Å². The van der Waals surface area contributed by atoms with Gasteiger partial charge in [0.25, 0.3) is 6.08 Å². The molecule has 1 aromatic carbocycles. The molecular formula is C11H10F2. The van der Waals surface area contributed by atoms with Crippen molar-refractivity contribution in [2.45, 2.75) is 6.42 Å². The Balaban J connectivity index is 3.04. The monoisotopic (exact) mass is 180 g/mol. The third kappa shape index (κ3) is 2.51. The van der Waals surface area contributed by atoms with Gasteiger partial charge >= 0.3 is 0 Å². The van der Waals surface area contributed by atoms with Gasteiger partial charge in [0.2, 0.25) is 0 Å². The molecule has 0 bridgehead atoms. The number of allylic oxidation sites excluding steroid dienone is 2. The van der Waals surface area contributed by atoms with E-state index in [4.69, 9.17) is 0 Å². The molecule has 0 nitrogen and oxygen atoms in total. The van der Waals surface area contributed by atoms with Crippen molar-refractivity contribution in [3.8, 4) is 0 Å². The van der Waals surface area contributed by atoms with E-state index in [9.17, 15) is 8.78 Å². The van der Waals surface area contributed by atoms with Crippen molar-refractivity contribution in [3.63, 3.8) is 0 Å². The Morgan fingerprint density at radius 2 is 1.85 bits per heavy atom. The molecular weight excluding hydrogens is 170 g/mol. The summed E-state index contributed by atoms with van der Waals surface area (Å²) in [7, 11) is 0. The van der Waals surface area contributed by atoms with Gasteiger partial charge in [-0.1, -0.05) is 36.4 Å². The molecule has 1 aromatic rings. The van der Waals surface area contributed by atoms with E-state index in [1.165, 1.54) is 6.08 Å². The second-order valence-corrected chi connectivity index (χ2v) is 2.60. The summed E-state index contributed by atoms with van der Waals surface area (Å²) in [5, 5.41) is 0. The van der Waals surface area contributed by atoms with Gasteiger partial charge in [-0.15, -0.1) is 6.58 Å². The first-order chi connectivity index (χ1) is 6.25. The Morgan fingerprint density at radius 3 is 2.31 bits per heavy atom. The summed E-state index contributed by atoms with van der Waals surface area (Å²) < 4.78 is 24.8. The maximum atomic E-state index is 12.4. The van der Waals surface area contributed by atoms with Crippen molar-refractivity contribution in [1.29, 1.82) is 0 Å². The molecule has 0 aromatic heterocycles. The molecule has 0 heterocycles. The number of halogens is 2. The van der Waals surface area contributed by atoms with Crippen molar-refractivity contribution < 1.29 is 8.78 Å². The van der Waals surface area contributed by atoms with Crippen LogP contribution in [0.15, 0.2) is 49.1 Å². The van der Waals surface area contributed by atoms with E-state index >= 15 is 0 Å². The van der Waals surface area contributed by atoms with Gasteiger partial charge in [0, 0.05) is 5.57 Å². The zero-order chi connectivity index (χ0) is 9.68. The maximum absolute atomic E-state index is 12.4. The molecule has 68 valence electrons. The fraction of sp³-hybridized carbons (Fsp3) is 0.0909. The van der Waals surface area contributed by atoms with Crippen LogP contribution in [-0.2, 0) is 0 Å². The predicted molar refractivity (Wildman–Crippen MR) is 50.4 cm³/mol. The van der Waals surface area contributed by atoms with E-state index in [0.717, 1.165) is 0 Å². The van der Waals surface area contributed by atoms with Crippen LogP contribution in [0.2, 0.25) is 0 Å². The van der Waals surface area contributed by atoms with E-state index in [0.29, 0.717) is 5.56 Å². The van der Waals surface area contributed by atoms with Gasteiger partial charge in [-0.05, 0) is 12.0 Å². The molecule has 0 N–H and O–H groups in total. The maximum Gasteiger partial charge on any atom is 0.274 e.